The normalized spacial score (nSPS) is 15.6. The van der Waals surface area contributed by atoms with Crippen LogP contribution in [0.15, 0.2) is 60.9 Å². The number of nitrogens with two attached hydrogens (primary N) is 2. The van der Waals surface area contributed by atoms with E-state index in [0.717, 1.165) is 54.3 Å². The van der Waals surface area contributed by atoms with Crippen molar-refractivity contribution in [2.24, 2.45) is 11.7 Å². The number of hydrogen-bond donors (Lipinski definition) is 2. The first kappa shape index (κ1) is 23.3. The van der Waals surface area contributed by atoms with Crippen LogP contribution in [0.5, 0.6) is 0 Å². The standard InChI is InChI=1S/C27H32N6O2/c28-16-21(33-18-30-24-25(33)22-8-4-5-9-23(22)31-26(24)29)17-35-15-12-19-10-13-32(14-11-19)27(34)20-6-2-1-3-7-20/h1-9,18-19,21H,10-17,28H2,(H2,29,31). The molecule has 0 bridgehead atoms. The molecule has 8 heteroatoms. The van der Waals surface area contributed by atoms with Crippen LogP contribution in [0.2, 0.25) is 0 Å². The number of benzene rings is 2. The number of pyridine rings is 1. The molecule has 0 aliphatic carbocycles. The molecule has 1 saturated heterocycles. The van der Waals surface area contributed by atoms with Crippen molar-refractivity contribution in [2.45, 2.75) is 25.3 Å². The Bertz CT molecular complexity index is 1300. The highest BCUT2D eigenvalue weighted by Crippen LogP contribution is 2.29. The fourth-order valence-electron chi connectivity index (χ4n) is 4.97. The second-order valence-electron chi connectivity index (χ2n) is 9.22. The summed E-state index contributed by atoms with van der Waals surface area (Å²) < 4.78 is 8.16. The largest absolute Gasteiger partial charge is 0.382 e. The number of fused-ring (bicyclic) bond motifs is 3. The Kier molecular flexibility index (Phi) is 6.92. The van der Waals surface area contributed by atoms with E-state index >= 15 is 0 Å². The molecule has 4 N–H and O–H groups in total. The monoisotopic (exact) mass is 472 g/mol. The van der Waals surface area contributed by atoms with Crippen molar-refractivity contribution in [3.05, 3.63) is 66.5 Å². The van der Waals surface area contributed by atoms with Crippen LogP contribution in [0.4, 0.5) is 5.82 Å². The van der Waals surface area contributed by atoms with Gasteiger partial charge in [0.25, 0.3) is 5.91 Å². The van der Waals surface area contributed by atoms with Crippen LogP contribution in [0.25, 0.3) is 21.9 Å². The topological polar surface area (TPSA) is 112 Å². The van der Waals surface area contributed by atoms with Gasteiger partial charge < -0.3 is 25.7 Å². The summed E-state index contributed by atoms with van der Waals surface area (Å²) in [4.78, 5) is 23.6. The van der Waals surface area contributed by atoms with Gasteiger partial charge in [-0.3, -0.25) is 4.79 Å². The van der Waals surface area contributed by atoms with Crippen LogP contribution >= 0.6 is 0 Å². The average Bonchev–Trinajstić information content (AvgIpc) is 3.35. The first-order valence-corrected chi connectivity index (χ1v) is 12.3. The second-order valence-corrected chi connectivity index (χ2v) is 9.22. The number of ether oxygens (including phenoxy) is 1. The zero-order chi connectivity index (χ0) is 24.2. The van der Waals surface area contributed by atoms with Crippen molar-refractivity contribution in [2.75, 3.05) is 38.6 Å². The summed E-state index contributed by atoms with van der Waals surface area (Å²) in [5.74, 6) is 1.11. The maximum atomic E-state index is 12.7. The predicted octanol–water partition coefficient (Wildman–Crippen LogP) is 3.63. The Morgan fingerprint density at radius 3 is 2.60 bits per heavy atom. The number of aromatic nitrogens is 3. The van der Waals surface area contributed by atoms with E-state index in [1.807, 2.05) is 59.5 Å². The minimum absolute atomic E-state index is 0.0458. The summed E-state index contributed by atoms with van der Waals surface area (Å²) in [6.07, 6.45) is 4.78. The summed E-state index contributed by atoms with van der Waals surface area (Å²) in [5, 5.41) is 1.00. The molecule has 0 spiro atoms. The number of nitrogen functional groups attached to an aromatic ring is 1. The van der Waals surface area contributed by atoms with Crippen LogP contribution in [-0.4, -0.2) is 58.2 Å². The SMILES string of the molecule is NCC(COCCC1CCN(C(=O)c2ccccc2)CC1)n1cnc2c(N)nc3ccccc3c21. The van der Waals surface area contributed by atoms with Crippen LogP contribution < -0.4 is 11.5 Å². The smallest absolute Gasteiger partial charge is 0.253 e. The zero-order valence-corrected chi connectivity index (χ0v) is 19.8. The Morgan fingerprint density at radius 1 is 1.09 bits per heavy atom. The molecule has 182 valence electrons. The fraction of sp³-hybridized carbons (Fsp3) is 0.370. The predicted molar refractivity (Wildman–Crippen MR) is 138 cm³/mol. The van der Waals surface area contributed by atoms with Crippen molar-refractivity contribution in [3.63, 3.8) is 0 Å². The van der Waals surface area contributed by atoms with Gasteiger partial charge in [0.2, 0.25) is 0 Å². The van der Waals surface area contributed by atoms with Gasteiger partial charge in [0, 0.05) is 37.2 Å². The van der Waals surface area contributed by atoms with Gasteiger partial charge >= 0.3 is 0 Å². The van der Waals surface area contributed by atoms with Crippen LogP contribution in [0, 0.1) is 5.92 Å². The number of para-hydroxylation sites is 1. The number of imidazole rings is 1. The van der Waals surface area contributed by atoms with Gasteiger partial charge in [-0.15, -0.1) is 0 Å². The second kappa shape index (κ2) is 10.4. The van der Waals surface area contributed by atoms with Gasteiger partial charge in [0.15, 0.2) is 5.82 Å². The van der Waals surface area contributed by atoms with E-state index in [0.29, 0.717) is 37.0 Å². The molecular weight excluding hydrogens is 440 g/mol. The maximum absolute atomic E-state index is 12.7. The van der Waals surface area contributed by atoms with E-state index in [4.69, 9.17) is 16.2 Å². The van der Waals surface area contributed by atoms with Crippen LogP contribution in [0.3, 0.4) is 0 Å². The van der Waals surface area contributed by atoms with E-state index in [9.17, 15) is 4.79 Å². The summed E-state index contributed by atoms with van der Waals surface area (Å²) >= 11 is 0. The zero-order valence-electron chi connectivity index (χ0n) is 19.8. The number of likely N-dealkylation sites (tertiary alicyclic amines) is 1. The molecule has 5 rings (SSSR count). The molecule has 1 amide bonds. The van der Waals surface area contributed by atoms with E-state index in [1.54, 1.807) is 6.33 Å². The highest BCUT2D eigenvalue weighted by atomic mass is 16.5. The van der Waals surface area contributed by atoms with E-state index < -0.39 is 0 Å². The molecule has 1 fully saturated rings. The van der Waals surface area contributed by atoms with Crippen LogP contribution in [0.1, 0.15) is 35.7 Å². The van der Waals surface area contributed by atoms with Gasteiger partial charge in [0.1, 0.15) is 5.52 Å². The highest BCUT2D eigenvalue weighted by Gasteiger charge is 2.24. The number of carbonyl (C=O) groups is 1. The number of anilines is 1. The van der Waals surface area contributed by atoms with Crippen molar-refractivity contribution in [1.82, 2.24) is 19.4 Å². The van der Waals surface area contributed by atoms with Crippen molar-refractivity contribution in [1.29, 1.82) is 0 Å². The maximum Gasteiger partial charge on any atom is 0.253 e. The Balaban J connectivity index is 1.15. The van der Waals surface area contributed by atoms with Crippen molar-refractivity contribution >= 4 is 33.7 Å². The van der Waals surface area contributed by atoms with Gasteiger partial charge in [-0.05, 0) is 43.4 Å². The molecule has 8 nitrogen and oxygen atoms in total. The van der Waals surface area contributed by atoms with E-state index in [1.165, 1.54) is 0 Å². The van der Waals surface area contributed by atoms with E-state index in [2.05, 4.69) is 14.5 Å². The van der Waals surface area contributed by atoms with Gasteiger partial charge in [-0.1, -0.05) is 36.4 Å². The van der Waals surface area contributed by atoms with Crippen molar-refractivity contribution < 1.29 is 9.53 Å². The quantitative estimate of drug-likeness (QED) is 0.379. The summed E-state index contributed by atoms with van der Waals surface area (Å²) in [6, 6.07) is 17.4. The van der Waals surface area contributed by atoms with E-state index in [-0.39, 0.29) is 11.9 Å². The molecule has 1 atom stereocenters. The number of amides is 1. The molecular formula is C27H32N6O2. The molecule has 3 heterocycles. The first-order valence-electron chi connectivity index (χ1n) is 12.3. The Labute approximate surface area is 204 Å². The highest BCUT2D eigenvalue weighted by molar-refractivity contribution is 6.06. The summed E-state index contributed by atoms with van der Waals surface area (Å²) in [7, 11) is 0. The molecule has 0 saturated carbocycles. The lowest BCUT2D eigenvalue weighted by Crippen LogP contribution is -2.38. The molecule has 1 aliphatic rings. The molecule has 4 aromatic rings. The lowest BCUT2D eigenvalue weighted by Gasteiger charge is -2.32. The third-order valence-electron chi connectivity index (χ3n) is 7.01. The third kappa shape index (κ3) is 4.85. The average molecular weight is 473 g/mol. The summed E-state index contributed by atoms with van der Waals surface area (Å²) in [6.45, 7) is 3.21. The van der Waals surface area contributed by atoms with Gasteiger partial charge in [0.05, 0.1) is 30.0 Å². The lowest BCUT2D eigenvalue weighted by atomic mass is 9.93. The lowest BCUT2D eigenvalue weighted by molar-refractivity contribution is 0.0625. The van der Waals surface area contributed by atoms with Crippen molar-refractivity contribution in [3.8, 4) is 0 Å². The molecule has 35 heavy (non-hydrogen) atoms. The first-order chi connectivity index (χ1) is 17.2. The molecule has 1 aliphatic heterocycles. The molecule has 2 aromatic heterocycles. The number of carbonyl (C=O) groups excluding carboxylic acids is 1. The minimum Gasteiger partial charge on any atom is -0.382 e. The molecule has 0 radical (unpaired) electrons. The van der Waals surface area contributed by atoms with Crippen LogP contribution in [-0.2, 0) is 4.74 Å². The molecule has 2 aromatic carbocycles. The number of hydrogen-bond acceptors (Lipinski definition) is 6. The Hall–Kier alpha value is -3.49. The van der Waals surface area contributed by atoms with Gasteiger partial charge in [-0.25, -0.2) is 9.97 Å². The summed E-state index contributed by atoms with van der Waals surface area (Å²) in [5.41, 5.74) is 15.6. The minimum atomic E-state index is -0.0458. The number of nitrogens with zero attached hydrogens (tertiary/aromatic N) is 4. The number of rotatable bonds is 8. The fourth-order valence-corrected chi connectivity index (χ4v) is 4.97. The third-order valence-corrected chi connectivity index (χ3v) is 7.01. The Morgan fingerprint density at radius 2 is 1.83 bits per heavy atom. The number of piperidine rings is 1. The molecule has 1 unspecified atom stereocenters. The van der Waals surface area contributed by atoms with Gasteiger partial charge in [-0.2, -0.15) is 0 Å².